The zero-order chi connectivity index (χ0) is 21.5. The minimum Gasteiger partial charge on any atom is -0.493 e. The van der Waals surface area contributed by atoms with E-state index in [1.807, 2.05) is 12.1 Å². The number of halogens is 3. The van der Waals surface area contributed by atoms with Crippen LogP contribution in [0.3, 0.4) is 0 Å². The fourth-order valence-electron chi connectivity index (χ4n) is 3.94. The second-order valence-corrected chi connectivity index (χ2v) is 8.11. The lowest BCUT2D eigenvalue weighted by Gasteiger charge is -2.26. The first-order valence-electron chi connectivity index (χ1n) is 10.9. The first kappa shape index (κ1) is 22.3. The Morgan fingerprint density at radius 1 is 0.967 bits per heavy atom. The van der Waals surface area contributed by atoms with Gasteiger partial charge in [-0.3, -0.25) is 0 Å². The Balaban J connectivity index is 1.56. The highest BCUT2D eigenvalue weighted by molar-refractivity contribution is 5.39. The molecular weight excluding hydrogens is 385 g/mol. The fourth-order valence-corrected chi connectivity index (χ4v) is 3.94. The third-order valence-electron chi connectivity index (χ3n) is 5.84. The van der Waals surface area contributed by atoms with E-state index in [4.69, 9.17) is 4.74 Å². The Labute approximate surface area is 177 Å². The van der Waals surface area contributed by atoms with Gasteiger partial charge in [0.05, 0.1) is 12.2 Å². The van der Waals surface area contributed by atoms with Gasteiger partial charge >= 0.3 is 0 Å². The molecule has 0 bridgehead atoms. The molecule has 0 saturated heterocycles. The molecule has 1 nitrogen and oxygen atoms in total. The van der Waals surface area contributed by atoms with E-state index < -0.39 is 11.6 Å². The smallest absolute Gasteiger partial charge is 0.174 e. The van der Waals surface area contributed by atoms with Gasteiger partial charge in [-0.25, -0.2) is 13.2 Å². The fraction of sp³-hybridized carbons (Fsp3) is 0.462. The van der Waals surface area contributed by atoms with Crippen molar-refractivity contribution in [2.75, 3.05) is 6.61 Å². The maximum absolute atomic E-state index is 14.6. The molecule has 0 aliphatic heterocycles. The van der Waals surface area contributed by atoms with E-state index >= 15 is 0 Å². The Kier molecular flexibility index (Phi) is 7.85. The van der Waals surface area contributed by atoms with Crippen LogP contribution in [-0.4, -0.2) is 6.61 Å². The highest BCUT2D eigenvalue weighted by atomic mass is 19.2. The van der Waals surface area contributed by atoms with Crippen LogP contribution in [0.25, 0.3) is 0 Å². The second kappa shape index (κ2) is 10.6. The molecule has 1 aliphatic rings. The zero-order valence-corrected chi connectivity index (χ0v) is 17.7. The summed E-state index contributed by atoms with van der Waals surface area (Å²) in [4.78, 5) is 0. The number of hydrogen-bond acceptors (Lipinski definition) is 1. The topological polar surface area (TPSA) is 9.23 Å². The predicted octanol–water partition coefficient (Wildman–Crippen LogP) is 7.31. The molecule has 0 aromatic heterocycles. The molecular formula is C26H29F3O. The molecule has 160 valence electrons. The number of unbranched alkanes of at least 4 members (excludes halogenated alkanes) is 2. The third kappa shape index (κ3) is 5.59. The van der Waals surface area contributed by atoms with Crippen molar-refractivity contribution >= 4 is 0 Å². The third-order valence-corrected chi connectivity index (χ3v) is 5.84. The SMILES string of the molecule is CCCCCOc1ccc(C2CCC(C#Cc3ccc(C)c(F)c3F)CC2)c(F)c1. The van der Waals surface area contributed by atoms with E-state index in [-0.39, 0.29) is 28.8 Å². The quantitative estimate of drug-likeness (QED) is 0.356. The summed E-state index contributed by atoms with van der Waals surface area (Å²) in [5, 5.41) is 0. The second-order valence-electron chi connectivity index (χ2n) is 8.11. The van der Waals surface area contributed by atoms with Gasteiger partial charge in [-0.15, -0.1) is 0 Å². The zero-order valence-electron chi connectivity index (χ0n) is 17.7. The van der Waals surface area contributed by atoms with Crippen LogP contribution in [0, 0.1) is 42.1 Å². The van der Waals surface area contributed by atoms with Crippen LogP contribution in [-0.2, 0) is 0 Å². The highest BCUT2D eigenvalue weighted by Gasteiger charge is 2.24. The van der Waals surface area contributed by atoms with Gasteiger partial charge in [0.1, 0.15) is 11.6 Å². The van der Waals surface area contributed by atoms with Gasteiger partial charge in [-0.05, 0) is 68.2 Å². The van der Waals surface area contributed by atoms with Crippen molar-refractivity contribution < 1.29 is 17.9 Å². The van der Waals surface area contributed by atoms with Crippen molar-refractivity contribution in [2.24, 2.45) is 5.92 Å². The molecule has 0 amide bonds. The molecule has 0 unspecified atom stereocenters. The van der Waals surface area contributed by atoms with E-state index in [1.165, 1.54) is 19.1 Å². The van der Waals surface area contributed by atoms with Gasteiger partial charge in [-0.1, -0.05) is 43.7 Å². The summed E-state index contributed by atoms with van der Waals surface area (Å²) in [6.07, 6.45) is 6.52. The average molecular weight is 415 g/mol. The highest BCUT2D eigenvalue weighted by Crippen LogP contribution is 2.37. The van der Waals surface area contributed by atoms with E-state index in [1.54, 1.807) is 6.07 Å². The summed E-state index contributed by atoms with van der Waals surface area (Å²) < 4.78 is 47.9. The minimum absolute atomic E-state index is 0.0980. The van der Waals surface area contributed by atoms with Gasteiger partial charge in [0.15, 0.2) is 11.6 Å². The van der Waals surface area contributed by atoms with Crippen molar-refractivity contribution in [3.05, 3.63) is 64.5 Å². The van der Waals surface area contributed by atoms with Crippen molar-refractivity contribution in [2.45, 2.75) is 64.7 Å². The van der Waals surface area contributed by atoms with E-state index in [0.29, 0.717) is 12.4 Å². The molecule has 0 radical (unpaired) electrons. The molecule has 0 atom stereocenters. The summed E-state index contributed by atoms with van der Waals surface area (Å²) in [6, 6.07) is 8.24. The lowest BCUT2D eigenvalue weighted by Crippen LogP contribution is -2.13. The normalized spacial score (nSPS) is 18.6. The number of ether oxygens (including phenoxy) is 1. The lowest BCUT2D eigenvalue weighted by atomic mass is 9.78. The molecule has 2 aromatic carbocycles. The molecule has 4 heteroatoms. The van der Waals surface area contributed by atoms with Crippen LogP contribution < -0.4 is 4.74 Å². The Morgan fingerprint density at radius 2 is 1.73 bits per heavy atom. The van der Waals surface area contributed by atoms with Gasteiger partial charge in [0.25, 0.3) is 0 Å². The van der Waals surface area contributed by atoms with Crippen molar-refractivity contribution in [1.82, 2.24) is 0 Å². The summed E-state index contributed by atoms with van der Waals surface area (Å²) in [5.41, 5.74) is 1.10. The first-order valence-corrected chi connectivity index (χ1v) is 10.9. The van der Waals surface area contributed by atoms with Crippen LogP contribution in [0.1, 0.15) is 74.5 Å². The monoisotopic (exact) mass is 414 g/mol. The maximum atomic E-state index is 14.6. The molecule has 3 rings (SSSR count). The molecule has 1 aliphatic carbocycles. The number of hydrogen-bond donors (Lipinski definition) is 0. The van der Waals surface area contributed by atoms with Gasteiger partial charge in [0.2, 0.25) is 0 Å². The number of rotatable bonds is 6. The Bertz CT molecular complexity index is 918. The largest absolute Gasteiger partial charge is 0.493 e. The predicted molar refractivity (Wildman–Crippen MR) is 114 cm³/mol. The molecule has 1 fully saturated rings. The summed E-state index contributed by atoms with van der Waals surface area (Å²) in [6.45, 7) is 4.28. The number of aryl methyl sites for hydroxylation is 1. The lowest BCUT2D eigenvalue weighted by molar-refractivity contribution is 0.304. The molecule has 0 spiro atoms. The average Bonchev–Trinajstić information content (AvgIpc) is 2.75. The number of benzene rings is 2. The molecule has 0 N–H and O–H groups in total. The van der Waals surface area contributed by atoms with Crippen molar-refractivity contribution in [1.29, 1.82) is 0 Å². The molecule has 0 heterocycles. The van der Waals surface area contributed by atoms with E-state index in [9.17, 15) is 13.2 Å². The molecule has 30 heavy (non-hydrogen) atoms. The van der Waals surface area contributed by atoms with Crippen LogP contribution >= 0.6 is 0 Å². The first-order chi connectivity index (χ1) is 14.5. The van der Waals surface area contributed by atoms with Crippen molar-refractivity contribution in [3.63, 3.8) is 0 Å². The van der Waals surface area contributed by atoms with E-state index in [0.717, 1.165) is 50.5 Å². The molecule has 2 aromatic rings. The standard InChI is InChI=1S/C26H29F3O/c1-3-4-5-16-30-22-14-15-23(24(27)17-22)20-11-7-19(8-12-20)9-13-21-10-6-18(2)25(28)26(21)29/h6,10,14-15,17,19-20H,3-5,7-8,11-12,16H2,1-2H3. The van der Waals surface area contributed by atoms with Crippen molar-refractivity contribution in [3.8, 4) is 17.6 Å². The maximum Gasteiger partial charge on any atom is 0.174 e. The minimum atomic E-state index is -0.879. The van der Waals surface area contributed by atoms with Crippen LogP contribution in [0.5, 0.6) is 5.75 Å². The summed E-state index contributed by atoms with van der Waals surface area (Å²) in [5.74, 6) is 4.81. The Morgan fingerprint density at radius 3 is 2.43 bits per heavy atom. The van der Waals surface area contributed by atoms with Gasteiger partial charge in [-0.2, -0.15) is 0 Å². The van der Waals surface area contributed by atoms with Crippen LogP contribution in [0.15, 0.2) is 30.3 Å². The summed E-state index contributed by atoms with van der Waals surface area (Å²) >= 11 is 0. The van der Waals surface area contributed by atoms with Gasteiger partial charge in [0, 0.05) is 12.0 Å². The Hall–Kier alpha value is -2.41. The van der Waals surface area contributed by atoms with E-state index in [2.05, 4.69) is 18.8 Å². The van der Waals surface area contributed by atoms with Gasteiger partial charge < -0.3 is 4.74 Å². The molecule has 1 saturated carbocycles. The van der Waals surface area contributed by atoms with Crippen LogP contribution in [0.4, 0.5) is 13.2 Å². The summed E-state index contributed by atoms with van der Waals surface area (Å²) in [7, 11) is 0. The van der Waals surface area contributed by atoms with Crippen LogP contribution in [0.2, 0.25) is 0 Å².